The van der Waals surface area contributed by atoms with Gasteiger partial charge in [-0.2, -0.15) is 0 Å². The van der Waals surface area contributed by atoms with Gasteiger partial charge < -0.3 is 4.90 Å². The Balaban J connectivity index is 2.68. The van der Waals surface area contributed by atoms with E-state index < -0.39 is 0 Å². The molecule has 2 nitrogen and oxygen atoms in total. The third-order valence-corrected chi connectivity index (χ3v) is 3.68. The Bertz CT molecular complexity index is 635. The van der Waals surface area contributed by atoms with Crippen molar-refractivity contribution in [3.05, 3.63) is 53.1 Å². The predicted molar refractivity (Wildman–Crippen MR) is 85.2 cm³/mol. The second-order valence-corrected chi connectivity index (χ2v) is 5.37. The highest BCUT2D eigenvalue weighted by molar-refractivity contribution is 5.96. The Hall–Kier alpha value is -2.09. The Morgan fingerprint density at radius 3 is 2.10 bits per heavy atom. The van der Waals surface area contributed by atoms with E-state index in [9.17, 15) is 4.79 Å². The van der Waals surface area contributed by atoms with Gasteiger partial charge in [-0.25, -0.2) is 0 Å². The van der Waals surface area contributed by atoms with Gasteiger partial charge in [0.05, 0.1) is 5.69 Å². The van der Waals surface area contributed by atoms with Gasteiger partial charge in [0, 0.05) is 19.5 Å². The number of aryl methyl sites for hydroxylation is 3. The second-order valence-electron chi connectivity index (χ2n) is 5.37. The zero-order valence-electron chi connectivity index (χ0n) is 12.8. The number of rotatable bonds is 2. The molecular formula is C18H21NO. The molecule has 0 radical (unpaired) electrons. The second kappa shape index (κ2) is 5.49. The molecule has 0 aliphatic heterocycles. The first-order valence-electron chi connectivity index (χ1n) is 6.83. The van der Waals surface area contributed by atoms with Crippen LogP contribution in [0.3, 0.4) is 0 Å². The van der Waals surface area contributed by atoms with Gasteiger partial charge in [-0.1, -0.05) is 35.9 Å². The minimum Gasteiger partial charge on any atom is -0.315 e. The van der Waals surface area contributed by atoms with E-state index in [-0.39, 0.29) is 5.91 Å². The molecule has 0 heterocycles. The summed E-state index contributed by atoms with van der Waals surface area (Å²) < 4.78 is 0. The minimum atomic E-state index is 0.0415. The van der Waals surface area contributed by atoms with Crippen LogP contribution in [0, 0.1) is 20.8 Å². The van der Waals surface area contributed by atoms with Gasteiger partial charge in [-0.15, -0.1) is 0 Å². The van der Waals surface area contributed by atoms with Gasteiger partial charge in [0.25, 0.3) is 0 Å². The van der Waals surface area contributed by atoms with Crippen molar-refractivity contribution in [3.63, 3.8) is 0 Å². The number of nitrogens with zero attached hydrogens (tertiary/aromatic N) is 1. The summed E-state index contributed by atoms with van der Waals surface area (Å²) in [5, 5.41) is 0. The van der Waals surface area contributed by atoms with Crippen LogP contribution in [0.15, 0.2) is 36.4 Å². The van der Waals surface area contributed by atoms with Crippen molar-refractivity contribution in [2.45, 2.75) is 27.7 Å². The highest BCUT2D eigenvalue weighted by Crippen LogP contribution is 2.35. The Labute approximate surface area is 121 Å². The van der Waals surface area contributed by atoms with E-state index in [2.05, 4.69) is 39.0 Å². The molecule has 0 aliphatic rings. The molecule has 2 aromatic rings. The zero-order valence-corrected chi connectivity index (χ0v) is 12.8. The fourth-order valence-corrected chi connectivity index (χ4v) is 2.75. The first-order chi connectivity index (χ1) is 9.41. The molecule has 2 aromatic carbocycles. The maximum Gasteiger partial charge on any atom is 0.223 e. The summed E-state index contributed by atoms with van der Waals surface area (Å²) >= 11 is 0. The summed E-state index contributed by atoms with van der Waals surface area (Å²) in [7, 11) is 1.82. The lowest BCUT2D eigenvalue weighted by atomic mass is 9.92. The number of carbonyl (C=O) groups excluding carboxylic acids is 1. The van der Waals surface area contributed by atoms with Crippen LogP contribution in [0.4, 0.5) is 5.69 Å². The molecule has 0 spiro atoms. The quantitative estimate of drug-likeness (QED) is 0.796. The third-order valence-electron chi connectivity index (χ3n) is 3.68. The molecule has 0 fully saturated rings. The lowest BCUT2D eigenvalue weighted by molar-refractivity contribution is -0.116. The molecule has 0 unspecified atom stereocenters. The topological polar surface area (TPSA) is 20.3 Å². The Kier molecular flexibility index (Phi) is 3.93. The molecule has 0 aliphatic carbocycles. The van der Waals surface area contributed by atoms with Crippen LogP contribution in [0.1, 0.15) is 23.6 Å². The number of para-hydroxylation sites is 1. The highest BCUT2D eigenvalue weighted by Gasteiger charge is 2.15. The normalized spacial score (nSPS) is 10.4. The van der Waals surface area contributed by atoms with E-state index in [4.69, 9.17) is 0 Å². The maximum atomic E-state index is 11.7. The van der Waals surface area contributed by atoms with Crippen molar-refractivity contribution in [3.8, 4) is 11.1 Å². The van der Waals surface area contributed by atoms with Gasteiger partial charge in [0.2, 0.25) is 5.91 Å². The van der Waals surface area contributed by atoms with E-state index in [1.165, 1.54) is 22.3 Å². The third kappa shape index (κ3) is 2.60. The van der Waals surface area contributed by atoms with Crippen LogP contribution in [0.2, 0.25) is 0 Å². The molecule has 0 aromatic heterocycles. The number of carbonyl (C=O) groups is 1. The van der Waals surface area contributed by atoms with Crippen molar-refractivity contribution in [1.29, 1.82) is 0 Å². The van der Waals surface area contributed by atoms with Crippen LogP contribution < -0.4 is 4.90 Å². The lowest BCUT2D eigenvalue weighted by Gasteiger charge is -2.21. The molecule has 0 atom stereocenters. The molecule has 0 saturated heterocycles. The van der Waals surface area contributed by atoms with Crippen molar-refractivity contribution in [2.24, 2.45) is 0 Å². The molecule has 2 heteroatoms. The van der Waals surface area contributed by atoms with Gasteiger partial charge in [-0.3, -0.25) is 4.79 Å². The minimum absolute atomic E-state index is 0.0415. The van der Waals surface area contributed by atoms with Gasteiger partial charge in [0.1, 0.15) is 0 Å². The first-order valence-corrected chi connectivity index (χ1v) is 6.83. The molecule has 20 heavy (non-hydrogen) atoms. The van der Waals surface area contributed by atoms with Crippen molar-refractivity contribution in [2.75, 3.05) is 11.9 Å². The summed E-state index contributed by atoms with van der Waals surface area (Å²) in [6, 6.07) is 12.4. The average molecular weight is 267 g/mol. The molecule has 0 N–H and O–H groups in total. The highest BCUT2D eigenvalue weighted by atomic mass is 16.2. The maximum absolute atomic E-state index is 11.7. The van der Waals surface area contributed by atoms with Crippen molar-refractivity contribution < 1.29 is 4.79 Å². The van der Waals surface area contributed by atoms with Gasteiger partial charge in [-0.05, 0) is 43.5 Å². The lowest BCUT2D eigenvalue weighted by Crippen LogP contribution is -2.23. The standard InChI is InChI=1S/C18H21NO/c1-12-10-13(2)18(14(3)11-12)16-8-6-7-9-17(16)19(5)15(4)20/h6-11H,1-5H3. The average Bonchev–Trinajstić information content (AvgIpc) is 2.37. The summed E-state index contributed by atoms with van der Waals surface area (Å²) in [4.78, 5) is 13.4. The fourth-order valence-electron chi connectivity index (χ4n) is 2.75. The number of hydrogen-bond acceptors (Lipinski definition) is 1. The molecular weight excluding hydrogens is 246 g/mol. The van der Waals surface area contributed by atoms with E-state index in [1.807, 2.05) is 25.2 Å². The Morgan fingerprint density at radius 2 is 1.55 bits per heavy atom. The van der Waals surface area contributed by atoms with Crippen molar-refractivity contribution in [1.82, 2.24) is 0 Å². The predicted octanol–water partition coefficient (Wildman–Crippen LogP) is 4.26. The van der Waals surface area contributed by atoms with E-state index >= 15 is 0 Å². The van der Waals surface area contributed by atoms with E-state index in [0.717, 1.165) is 11.3 Å². The van der Waals surface area contributed by atoms with Crippen molar-refractivity contribution >= 4 is 11.6 Å². The number of anilines is 1. The number of hydrogen-bond donors (Lipinski definition) is 0. The smallest absolute Gasteiger partial charge is 0.223 e. The van der Waals surface area contributed by atoms with Gasteiger partial charge in [0.15, 0.2) is 0 Å². The number of amides is 1. The largest absolute Gasteiger partial charge is 0.315 e. The van der Waals surface area contributed by atoms with Crippen LogP contribution in [0.25, 0.3) is 11.1 Å². The molecule has 0 saturated carbocycles. The van der Waals surface area contributed by atoms with Crippen LogP contribution in [0.5, 0.6) is 0 Å². The first kappa shape index (κ1) is 14.3. The fraction of sp³-hybridized carbons (Fsp3) is 0.278. The van der Waals surface area contributed by atoms with Gasteiger partial charge >= 0.3 is 0 Å². The van der Waals surface area contributed by atoms with E-state index in [1.54, 1.807) is 11.8 Å². The summed E-state index contributed by atoms with van der Waals surface area (Å²) in [6.07, 6.45) is 0. The summed E-state index contributed by atoms with van der Waals surface area (Å²) in [6.45, 7) is 7.95. The monoisotopic (exact) mass is 267 g/mol. The number of benzene rings is 2. The molecule has 104 valence electrons. The Morgan fingerprint density at radius 1 is 1.00 bits per heavy atom. The van der Waals surface area contributed by atoms with Crippen LogP contribution in [-0.4, -0.2) is 13.0 Å². The van der Waals surface area contributed by atoms with E-state index in [0.29, 0.717) is 0 Å². The molecule has 1 amide bonds. The molecule has 2 rings (SSSR count). The summed E-state index contributed by atoms with van der Waals surface area (Å²) in [5.74, 6) is 0.0415. The molecule has 0 bridgehead atoms. The SMILES string of the molecule is CC(=O)N(C)c1ccccc1-c1c(C)cc(C)cc1C. The zero-order chi connectivity index (χ0) is 14.9. The van der Waals surface area contributed by atoms with Crippen LogP contribution >= 0.6 is 0 Å². The van der Waals surface area contributed by atoms with Crippen LogP contribution in [-0.2, 0) is 4.79 Å². The summed E-state index contributed by atoms with van der Waals surface area (Å²) in [5.41, 5.74) is 7.04.